The Labute approximate surface area is 106 Å². The molecule has 0 saturated carbocycles. The predicted octanol–water partition coefficient (Wildman–Crippen LogP) is 1.76. The van der Waals surface area contributed by atoms with E-state index in [1.165, 1.54) is 5.56 Å². The minimum Gasteiger partial charge on any atom is -0.353 e. The number of hydrogen-bond acceptors (Lipinski definition) is 4. The molecule has 0 fully saturated rings. The maximum absolute atomic E-state index is 9.04. The molecule has 0 bridgehead atoms. The molecule has 18 heavy (non-hydrogen) atoms. The molecule has 0 saturated heterocycles. The molecule has 0 spiro atoms. The smallest absolute Gasteiger partial charge is 0.175 e. The van der Waals surface area contributed by atoms with Gasteiger partial charge in [-0.1, -0.05) is 6.92 Å². The summed E-state index contributed by atoms with van der Waals surface area (Å²) in [5.41, 5.74) is 2.41. The third-order valence-electron chi connectivity index (χ3n) is 3.71. The summed E-state index contributed by atoms with van der Waals surface area (Å²) in [4.78, 5) is 6.71. The van der Waals surface area contributed by atoms with E-state index in [1.807, 2.05) is 10.7 Å². The van der Waals surface area contributed by atoms with Crippen LogP contribution in [0.1, 0.15) is 31.4 Å². The van der Waals surface area contributed by atoms with Crippen LogP contribution in [0, 0.1) is 11.3 Å². The molecule has 0 N–H and O–H groups in total. The van der Waals surface area contributed by atoms with Gasteiger partial charge in [-0.15, -0.1) is 0 Å². The number of nitrogens with zero attached hydrogens (tertiary/aromatic N) is 5. The van der Waals surface area contributed by atoms with Gasteiger partial charge in [0.1, 0.15) is 17.5 Å². The van der Waals surface area contributed by atoms with Crippen molar-refractivity contribution in [2.45, 2.75) is 32.7 Å². The Bertz CT molecular complexity index is 637. The van der Waals surface area contributed by atoms with Gasteiger partial charge >= 0.3 is 0 Å². The highest BCUT2D eigenvalue weighted by molar-refractivity contribution is 5.63. The van der Waals surface area contributed by atoms with E-state index >= 15 is 0 Å². The summed E-state index contributed by atoms with van der Waals surface area (Å²) in [7, 11) is 0. The highest BCUT2D eigenvalue weighted by Crippen LogP contribution is 2.30. The van der Waals surface area contributed by atoms with Gasteiger partial charge in [0, 0.05) is 24.3 Å². The van der Waals surface area contributed by atoms with Crippen LogP contribution in [0.2, 0.25) is 0 Å². The molecule has 1 unspecified atom stereocenters. The fraction of sp³-hybridized carbons (Fsp3) is 0.462. The molecule has 92 valence electrons. The van der Waals surface area contributed by atoms with E-state index in [2.05, 4.69) is 34.9 Å². The van der Waals surface area contributed by atoms with Crippen LogP contribution in [0.15, 0.2) is 12.4 Å². The Kier molecular flexibility index (Phi) is 2.44. The van der Waals surface area contributed by atoms with Gasteiger partial charge in [0.2, 0.25) is 0 Å². The minimum absolute atomic E-state index is 0.478. The number of hydrogen-bond donors (Lipinski definition) is 0. The average molecular weight is 241 g/mol. The van der Waals surface area contributed by atoms with E-state index < -0.39 is 0 Å². The largest absolute Gasteiger partial charge is 0.353 e. The first-order valence-electron chi connectivity index (χ1n) is 6.28. The Morgan fingerprint density at radius 1 is 1.50 bits per heavy atom. The van der Waals surface area contributed by atoms with Gasteiger partial charge in [-0.3, -0.25) is 0 Å². The zero-order chi connectivity index (χ0) is 12.7. The number of rotatable bonds is 2. The third-order valence-corrected chi connectivity index (χ3v) is 3.71. The average Bonchev–Trinajstić information content (AvgIpc) is 3.00. The number of aromatic nitrogens is 3. The van der Waals surface area contributed by atoms with Crippen LogP contribution >= 0.6 is 0 Å². The molecule has 3 rings (SSSR count). The molecule has 1 aliphatic heterocycles. The molecule has 1 atom stereocenters. The zero-order valence-electron chi connectivity index (χ0n) is 10.6. The molecule has 0 aliphatic carbocycles. The van der Waals surface area contributed by atoms with Gasteiger partial charge in [-0.25, -0.2) is 4.98 Å². The van der Waals surface area contributed by atoms with Crippen molar-refractivity contribution in [3.63, 3.8) is 0 Å². The van der Waals surface area contributed by atoms with Crippen LogP contribution < -0.4 is 4.90 Å². The topological polar surface area (TPSA) is 57.2 Å². The van der Waals surface area contributed by atoms with Crippen molar-refractivity contribution in [2.24, 2.45) is 0 Å². The first-order chi connectivity index (χ1) is 8.76. The molecule has 2 aromatic heterocycles. The van der Waals surface area contributed by atoms with E-state index in [0.717, 1.165) is 25.2 Å². The van der Waals surface area contributed by atoms with Crippen LogP contribution in [0.3, 0.4) is 0 Å². The molecule has 5 heteroatoms. The summed E-state index contributed by atoms with van der Waals surface area (Å²) in [6.45, 7) is 5.41. The third kappa shape index (κ3) is 1.39. The summed E-state index contributed by atoms with van der Waals surface area (Å²) in [6.07, 6.45) is 5.57. The summed E-state index contributed by atoms with van der Waals surface area (Å²) < 4.78 is 1.81. The summed E-state index contributed by atoms with van der Waals surface area (Å²) >= 11 is 0. The highest BCUT2D eigenvalue weighted by Gasteiger charge is 2.26. The Balaban J connectivity index is 2.22. The second kappa shape index (κ2) is 3.98. The fourth-order valence-corrected chi connectivity index (χ4v) is 2.51. The van der Waals surface area contributed by atoms with Crippen LogP contribution in [0.5, 0.6) is 0 Å². The maximum Gasteiger partial charge on any atom is 0.175 e. The quantitative estimate of drug-likeness (QED) is 0.804. The van der Waals surface area contributed by atoms with E-state index in [9.17, 15) is 0 Å². The van der Waals surface area contributed by atoms with E-state index in [-0.39, 0.29) is 0 Å². The van der Waals surface area contributed by atoms with E-state index in [1.54, 1.807) is 6.20 Å². The predicted molar refractivity (Wildman–Crippen MR) is 68.5 cm³/mol. The van der Waals surface area contributed by atoms with Gasteiger partial charge in [-0.2, -0.15) is 14.9 Å². The normalized spacial score (nSPS) is 15.7. The molecule has 0 radical (unpaired) electrons. The molecule has 2 aromatic rings. The molecule has 0 amide bonds. The Hall–Kier alpha value is -2.09. The molecule has 1 aliphatic rings. The standard InChI is InChI=1S/C13H15N5/c1-3-9(2)17-5-4-10-7-15-12-11(6-14)8-16-18(12)13(10)17/h7-9H,3-5H2,1-2H3. The Morgan fingerprint density at radius 2 is 2.33 bits per heavy atom. The first kappa shape index (κ1) is 11.0. The summed E-state index contributed by atoms with van der Waals surface area (Å²) in [6, 6.07) is 2.61. The van der Waals surface area contributed by atoms with Gasteiger partial charge in [0.25, 0.3) is 0 Å². The second-order valence-corrected chi connectivity index (χ2v) is 4.71. The van der Waals surface area contributed by atoms with Gasteiger partial charge in [0.05, 0.1) is 6.20 Å². The van der Waals surface area contributed by atoms with Gasteiger partial charge in [0.15, 0.2) is 5.65 Å². The van der Waals surface area contributed by atoms with Crippen molar-refractivity contribution in [2.75, 3.05) is 11.4 Å². The zero-order valence-corrected chi connectivity index (χ0v) is 10.6. The van der Waals surface area contributed by atoms with Crippen molar-refractivity contribution in [3.8, 4) is 6.07 Å². The minimum atomic E-state index is 0.478. The summed E-state index contributed by atoms with van der Waals surface area (Å²) in [5, 5.41) is 13.4. The SMILES string of the molecule is CCC(C)N1CCc2cnc3c(C#N)cnn3c21. The number of nitriles is 1. The highest BCUT2D eigenvalue weighted by atomic mass is 15.4. The lowest BCUT2D eigenvalue weighted by atomic mass is 10.2. The van der Waals surface area contributed by atoms with Crippen molar-refractivity contribution >= 4 is 11.5 Å². The first-order valence-corrected chi connectivity index (χ1v) is 6.28. The van der Waals surface area contributed by atoms with Crippen molar-refractivity contribution in [3.05, 3.63) is 23.5 Å². The van der Waals surface area contributed by atoms with Crippen LogP contribution in [-0.4, -0.2) is 27.2 Å². The van der Waals surface area contributed by atoms with Crippen molar-refractivity contribution in [1.82, 2.24) is 14.6 Å². The second-order valence-electron chi connectivity index (χ2n) is 4.71. The monoisotopic (exact) mass is 241 g/mol. The van der Waals surface area contributed by atoms with Crippen LogP contribution in [-0.2, 0) is 6.42 Å². The maximum atomic E-state index is 9.04. The molecule has 3 heterocycles. The molecule has 0 aromatic carbocycles. The van der Waals surface area contributed by atoms with E-state index in [4.69, 9.17) is 5.26 Å². The fourth-order valence-electron chi connectivity index (χ4n) is 2.51. The lowest BCUT2D eigenvalue weighted by molar-refractivity contribution is 0.623. The van der Waals surface area contributed by atoms with Crippen molar-refractivity contribution < 1.29 is 0 Å². The van der Waals surface area contributed by atoms with Crippen molar-refractivity contribution in [1.29, 1.82) is 5.26 Å². The van der Waals surface area contributed by atoms with Gasteiger partial charge in [-0.05, 0) is 19.8 Å². The lowest BCUT2D eigenvalue weighted by Crippen LogP contribution is -2.32. The molecular formula is C13H15N5. The van der Waals surface area contributed by atoms with Crippen LogP contribution in [0.25, 0.3) is 5.65 Å². The Morgan fingerprint density at radius 3 is 3.06 bits per heavy atom. The van der Waals surface area contributed by atoms with E-state index in [0.29, 0.717) is 17.3 Å². The van der Waals surface area contributed by atoms with Crippen LogP contribution in [0.4, 0.5) is 5.82 Å². The van der Waals surface area contributed by atoms with Gasteiger partial charge < -0.3 is 4.90 Å². The molecular weight excluding hydrogens is 226 g/mol. The molecule has 5 nitrogen and oxygen atoms in total. The summed E-state index contributed by atoms with van der Waals surface area (Å²) in [5.74, 6) is 1.11. The lowest BCUT2D eigenvalue weighted by Gasteiger charge is -2.26. The number of anilines is 1. The number of fused-ring (bicyclic) bond motifs is 3.